The minimum absolute atomic E-state index is 0.223. The van der Waals surface area contributed by atoms with E-state index in [0.717, 1.165) is 41.7 Å². The third-order valence-corrected chi connectivity index (χ3v) is 6.98. The highest BCUT2D eigenvalue weighted by molar-refractivity contribution is 7.16. The molecule has 37 heavy (non-hydrogen) atoms. The molecule has 0 spiro atoms. The highest BCUT2D eigenvalue weighted by atomic mass is 32.1. The van der Waals surface area contributed by atoms with Gasteiger partial charge < -0.3 is 14.8 Å². The second-order valence-corrected chi connectivity index (χ2v) is 9.45. The number of nitriles is 1. The SMILES string of the molecule is COc1cc(/C=N\NC(=O)C(=O)Nc2sc3c(c2C#N)CCCC3)ccc1OC(=O)c1ccc(C)cc1. The molecule has 4 rings (SSSR count). The number of nitrogens with one attached hydrogen (secondary N) is 2. The van der Waals surface area contributed by atoms with E-state index in [0.29, 0.717) is 27.4 Å². The number of methoxy groups -OCH3 is 1. The summed E-state index contributed by atoms with van der Waals surface area (Å²) in [4.78, 5) is 38.1. The average Bonchev–Trinajstić information content (AvgIpc) is 3.26. The van der Waals surface area contributed by atoms with Crippen LogP contribution < -0.4 is 20.2 Å². The van der Waals surface area contributed by atoms with Gasteiger partial charge in [-0.2, -0.15) is 10.4 Å². The van der Waals surface area contributed by atoms with Gasteiger partial charge in [0.15, 0.2) is 11.5 Å². The first-order chi connectivity index (χ1) is 17.9. The lowest BCUT2D eigenvalue weighted by atomic mass is 9.96. The third-order valence-electron chi connectivity index (χ3n) is 5.77. The predicted molar refractivity (Wildman–Crippen MR) is 139 cm³/mol. The number of esters is 1. The van der Waals surface area contributed by atoms with Crippen molar-refractivity contribution in [2.24, 2.45) is 5.10 Å². The number of aryl methyl sites for hydroxylation is 2. The lowest BCUT2D eigenvalue weighted by Crippen LogP contribution is -2.32. The van der Waals surface area contributed by atoms with Crippen LogP contribution in [0.3, 0.4) is 0 Å². The first-order valence-corrected chi connectivity index (χ1v) is 12.4. The van der Waals surface area contributed by atoms with Crippen LogP contribution in [0.2, 0.25) is 0 Å². The summed E-state index contributed by atoms with van der Waals surface area (Å²) < 4.78 is 10.8. The topological polar surface area (TPSA) is 130 Å². The molecule has 188 valence electrons. The summed E-state index contributed by atoms with van der Waals surface area (Å²) in [5.74, 6) is -1.89. The van der Waals surface area contributed by atoms with Crippen molar-refractivity contribution in [2.75, 3.05) is 12.4 Å². The van der Waals surface area contributed by atoms with E-state index in [-0.39, 0.29) is 5.75 Å². The van der Waals surface area contributed by atoms with E-state index in [1.807, 2.05) is 19.1 Å². The van der Waals surface area contributed by atoms with E-state index in [1.54, 1.807) is 30.3 Å². The quantitative estimate of drug-likeness (QED) is 0.167. The number of rotatable bonds is 6. The maximum absolute atomic E-state index is 12.4. The number of benzene rings is 2. The van der Waals surface area contributed by atoms with Crippen LogP contribution in [-0.4, -0.2) is 31.1 Å². The molecule has 0 radical (unpaired) electrons. The summed E-state index contributed by atoms with van der Waals surface area (Å²) in [7, 11) is 1.43. The van der Waals surface area contributed by atoms with Crippen molar-refractivity contribution in [1.82, 2.24) is 5.43 Å². The maximum Gasteiger partial charge on any atom is 0.343 e. The van der Waals surface area contributed by atoms with Crippen LogP contribution in [0.5, 0.6) is 11.5 Å². The van der Waals surface area contributed by atoms with Gasteiger partial charge in [-0.3, -0.25) is 9.59 Å². The third kappa shape index (κ3) is 6.02. The zero-order chi connectivity index (χ0) is 26.4. The molecule has 2 amide bonds. The van der Waals surface area contributed by atoms with E-state index in [2.05, 4.69) is 21.9 Å². The first-order valence-electron chi connectivity index (χ1n) is 11.6. The van der Waals surface area contributed by atoms with Crippen LogP contribution in [0, 0.1) is 18.3 Å². The molecule has 0 fully saturated rings. The Hall–Kier alpha value is -4.49. The Kier molecular flexibility index (Phi) is 7.95. The largest absolute Gasteiger partial charge is 0.493 e. The molecule has 2 aromatic carbocycles. The number of ether oxygens (including phenoxy) is 2. The number of amides is 2. The number of carbonyl (C=O) groups is 3. The average molecular weight is 517 g/mol. The van der Waals surface area contributed by atoms with Crippen molar-refractivity contribution in [3.8, 4) is 17.6 Å². The molecule has 1 aliphatic rings. The number of hydrogen-bond donors (Lipinski definition) is 2. The Bertz CT molecular complexity index is 1420. The fourth-order valence-electron chi connectivity index (χ4n) is 3.85. The van der Waals surface area contributed by atoms with Crippen molar-refractivity contribution < 1.29 is 23.9 Å². The van der Waals surface area contributed by atoms with E-state index in [4.69, 9.17) is 9.47 Å². The molecule has 9 nitrogen and oxygen atoms in total. The fraction of sp³-hybridized carbons (Fsp3) is 0.222. The number of hydrazone groups is 1. The maximum atomic E-state index is 12.4. The number of anilines is 1. The molecule has 0 atom stereocenters. The molecule has 0 aliphatic heterocycles. The minimum atomic E-state index is -0.970. The first kappa shape index (κ1) is 25.6. The fourth-order valence-corrected chi connectivity index (χ4v) is 5.08. The van der Waals surface area contributed by atoms with Gasteiger partial charge in [-0.25, -0.2) is 10.2 Å². The Morgan fingerprint density at radius 2 is 1.81 bits per heavy atom. The standard InChI is InChI=1S/C27H24N4O5S/c1-16-7-10-18(11-8-16)27(34)36-21-12-9-17(13-22(21)35-2)15-29-31-25(33)24(32)30-26-20(14-28)19-5-3-4-6-23(19)37-26/h7-13,15H,3-6H2,1-2H3,(H,30,32)(H,31,33)/b29-15-. The molecule has 0 bridgehead atoms. The highest BCUT2D eigenvalue weighted by Gasteiger charge is 2.23. The molecule has 0 unspecified atom stereocenters. The summed E-state index contributed by atoms with van der Waals surface area (Å²) in [6.45, 7) is 1.92. The number of carbonyl (C=O) groups excluding carboxylic acids is 3. The molecule has 3 aromatic rings. The summed E-state index contributed by atoms with van der Waals surface area (Å²) in [5.41, 5.74) is 5.54. The Labute approximate surface area is 217 Å². The van der Waals surface area contributed by atoms with E-state index in [9.17, 15) is 19.6 Å². The Balaban J connectivity index is 1.37. The van der Waals surface area contributed by atoms with Crippen molar-refractivity contribution >= 4 is 40.3 Å². The number of hydrogen-bond acceptors (Lipinski definition) is 8. The molecular weight excluding hydrogens is 492 g/mol. The molecule has 2 N–H and O–H groups in total. The van der Waals surface area contributed by atoms with Crippen molar-refractivity contribution in [1.29, 1.82) is 5.26 Å². The summed E-state index contributed by atoms with van der Waals surface area (Å²) in [6, 6.07) is 13.9. The zero-order valence-electron chi connectivity index (χ0n) is 20.3. The minimum Gasteiger partial charge on any atom is -0.493 e. The van der Waals surface area contributed by atoms with Crippen molar-refractivity contribution in [3.05, 3.63) is 75.2 Å². The number of nitrogens with zero attached hydrogens (tertiary/aromatic N) is 2. The van der Waals surface area contributed by atoms with Crippen LogP contribution in [-0.2, 0) is 22.4 Å². The van der Waals surface area contributed by atoms with Crippen LogP contribution in [0.25, 0.3) is 0 Å². The van der Waals surface area contributed by atoms with Gasteiger partial charge in [0, 0.05) is 4.88 Å². The van der Waals surface area contributed by atoms with Gasteiger partial charge >= 0.3 is 17.8 Å². The van der Waals surface area contributed by atoms with Gasteiger partial charge in [-0.05, 0) is 74.1 Å². The van der Waals surface area contributed by atoms with Gasteiger partial charge in [0.2, 0.25) is 0 Å². The van der Waals surface area contributed by atoms with E-state index >= 15 is 0 Å². The van der Waals surface area contributed by atoms with Crippen LogP contribution >= 0.6 is 11.3 Å². The molecule has 1 aliphatic carbocycles. The predicted octanol–water partition coefficient (Wildman–Crippen LogP) is 4.12. The van der Waals surface area contributed by atoms with Gasteiger partial charge in [-0.1, -0.05) is 17.7 Å². The molecule has 0 saturated carbocycles. The van der Waals surface area contributed by atoms with Gasteiger partial charge in [0.25, 0.3) is 0 Å². The molecule has 0 saturated heterocycles. The zero-order valence-corrected chi connectivity index (χ0v) is 21.1. The van der Waals surface area contributed by atoms with Crippen molar-refractivity contribution in [3.63, 3.8) is 0 Å². The van der Waals surface area contributed by atoms with Crippen LogP contribution in [0.15, 0.2) is 47.6 Å². The monoisotopic (exact) mass is 516 g/mol. The highest BCUT2D eigenvalue weighted by Crippen LogP contribution is 2.37. The van der Waals surface area contributed by atoms with E-state index < -0.39 is 17.8 Å². The van der Waals surface area contributed by atoms with Crippen LogP contribution in [0.1, 0.15) is 50.3 Å². The Morgan fingerprint density at radius 1 is 1.05 bits per heavy atom. The van der Waals surface area contributed by atoms with E-state index in [1.165, 1.54) is 24.7 Å². The lowest BCUT2D eigenvalue weighted by molar-refractivity contribution is -0.136. The molecule has 1 aromatic heterocycles. The van der Waals surface area contributed by atoms with Crippen molar-refractivity contribution in [2.45, 2.75) is 32.6 Å². The molecule has 1 heterocycles. The van der Waals surface area contributed by atoms with Gasteiger partial charge in [0.05, 0.1) is 24.5 Å². The summed E-state index contributed by atoms with van der Waals surface area (Å²) >= 11 is 1.34. The number of fused-ring (bicyclic) bond motifs is 1. The normalized spacial score (nSPS) is 12.4. The van der Waals surface area contributed by atoms with Gasteiger partial charge in [0.1, 0.15) is 11.1 Å². The summed E-state index contributed by atoms with van der Waals surface area (Å²) in [5, 5.41) is 16.2. The lowest BCUT2D eigenvalue weighted by Gasteiger charge is -2.10. The number of thiophene rings is 1. The van der Waals surface area contributed by atoms with Crippen LogP contribution in [0.4, 0.5) is 5.00 Å². The smallest absolute Gasteiger partial charge is 0.343 e. The second-order valence-electron chi connectivity index (χ2n) is 8.35. The van der Waals surface area contributed by atoms with Gasteiger partial charge in [-0.15, -0.1) is 11.3 Å². The Morgan fingerprint density at radius 3 is 2.54 bits per heavy atom. The molecular formula is C27H24N4O5S. The molecule has 10 heteroatoms. The second kappa shape index (κ2) is 11.5. The summed E-state index contributed by atoms with van der Waals surface area (Å²) in [6.07, 6.45) is 5.04.